The Morgan fingerprint density at radius 3 is 2.95 bits per heavy atom. The Morgan fingerprint density at radius 2 is 2.24 bits per heavy atom. The van der Waals surface area contributed by atoms with Gasteiger partial charge < -0.3 is 10.1 Å². The Labute approximate surface area is 120 Å². The van der Waals surface area contributed by atoms with E-state index in [0.29, 0.717) is 12.1 Å². The van der Waals surface area contributed by atoms with Crippen LogP contribution in [0.3, 0.4) is 0 Å². The van der Waals surface area contributed by atoms with E-state index in [1.807, 2.05) is 13.1 Å². The van der Waals surface area contributed by atoms with Gasteiger partial charge in [0.1, 0.15) is 0 Å². The zero-order chi connectivity index (χ0) is 14.8. The first-order chi connectivity index (χ1) is 10.2. The molecule has 3 aromatic rings. The van der Waals surface area contributed by atoms with Crippen molar-refractivity contribution in [3.05, 3.63) is 42.1 Å². The zero-order valence-electron chi connectivity index (χ0n) is 11.7. The summed E-state index contributed by atoms with van der Waals surface area (Å²) < 4.78 is 20.4. The molecule has 0 aliphatic rings. The standard InChI is InChI=1S/C14H14FN5O/c1-20-9(8-18-19-20)7-17-12-3-4-16-13-6-11(15)14(21-2)5-10(12)13/h3-6,8H,7H2,1-2H3,(H,16,17). The van der Waals surface area contributed by atoms with Crippen molar-refractivity contribution in [2.24, 2.45) is 7.05 Å². The zero-order valence-corrected chi connectivity index (χ0v) is 11.7. The molecule has 2 aromatic heterocycles. The normalized spacial score (nSPS) is 10.8. The highest BCUT2D eigenvalue weighted by Gasteiger charge is 2.09. The van der Waals surface area contributed by atoms with Crippen molar-refractivity contribution in [3.8, 4) is 5.75 Å². The molecule has 0 spiro atoms. The fourth-order valence-corrected chi connectivity index (χ4v) is 2.11. The van der Waals surface area contributed by atoms with Gasteiger partial charge >= 0.3 is 0 Å². The third-order valence-corrected chi connectivity index (χ3v) is 3.28. The third-order valence-electron chi connectivity index (χ3n) is 3.28. The van der Waals surface area contributed by atoms with E-state index in [-0.39, 0.29) is 5.75 Å². The molecule has 6 nitrogen and oxygen atoms in total. The van der Waals surface area contributed by atoms with E-state index in [4.69, 9.17) is 4.74 Å². The maximum Gasteiger partial charge on any atom is 0.167 e. The lowest BCUT2D eigenvalue weighted by atomic mass is 10.1. The molecule has 1 aromatic carbocycles. The molecule has 0 aliphatic heterocycles. The first-order valence-electron chi connectivity index (χ1n) is 6.38. The lowest BCUT2D eigenvalue weighted by Gasteiger charge is -2.11. The number of hydrogen-bond acceptors (Lipinski definition) is 5. The van der Waals surface area contributed by atoms with Crippen LogP contribution in [0.1, 0.15) is 5.69 Å². The minimum Gasteiger partial charge on any atom is -0.494 e. The summed E-state index contributed by atoms with van der Waals surface area (Å²) in [4.78, 5) is 4.18. The lowest BCUT2D eigenvalue weighted by Crippen LogP contribution is -2.06. The smallest absolute Gasteiger partial charge is 0.167 e. The molecule has 2 heterocycles. The van der Waals surface area contributed by atoms with Crippen molar-refractivity contribution in [2.45, 2.75) is 6.54 Å². The summed E-state index contributed by atoms with van der Waals surface area (Å²) in [6.45, 7) is 0.558. The van der Waals surface area contributed by atoms with Crippen LogP contribution < -0.4 is 10.1 Å². The Kier molecular flexibility index (Phi) is 3.39. The average molecular weight is 287 g/mol. The second-order valence-electron chi connectivity index (χ2n) is 4.56. The van der Waals surface area contributed by atoms with Crippen LogP contribution in [-0.2, 0) is 13.6 Å². The molecule has 0 atom stereocenters. The number of aromatic nitrogens is 4. The number of fused-ring (bicyclic) bond motifs is 1. The summed E-state index contributed by atoms with van der Waals surface area (Å²) in [7, 11) is 3.27. The molecule has 0 unspecified atom stereocenters. The summed E-state index contributed by atoms with van der Waals surface area (Å²) in [5, 5.41) is 11.8. The Hall–Kier alpha value is -2.70. The molecular formula is C14H14FN5O. The van der Waals surface area contributed by atoms with Crippen LogP contribution in [0.2, 0.25) is 0 Å². The number of ether oxygens (including phenoxy) is 1. The first kappa shape index (κ1) is 13.3. The van der Waals surface area contributed by atoms with Crippen LogP contribution >= 0.6 is 0 Å². The molecule has 0 amide bonds. The van der Waals surface area contributed by atoms with Crippen LogP contribution in [0.4, 0.5) is 10.1 Å². The molecule has 0 fully saturated rings. The van der Waals surface area contributed by atoms with E-state index in [2.05, 4.69) is 20.6 Å². The van der Waals surface area contributed by atoms with Gasteiger partial charge in [0, 0.05) is 30.4 Å². The van der Waals surface area contributed by atoms with Gasteiger partial charge in [0.05, 0.1) is 31.1 Å². The molecule has 0 bridgehead atoms. The highest BCUT2D eigenvalue weighted by molar-refractivity contribution is 5.92. The van der Waals surface area contributed by atoms with Gasteiger partial charge in [0.2, 0.25) is 0 Å². The van der Waals surface area contributed by atoms with E-state index < -0.39 is 5.82 Å². The van der Waals surface area contributed by atoms with Gasteiger partial charge in [-0.2, -0.15) is 0 Å². The quantitative estimate of drug-likeness (QED) is 0.796. The molecule has 0 aliphatic carbocycles. The summed E-state index contributed by atoms with van der Waals surface area (Å²) >= 11 is 0. The first-order valence-corrected chi connectivity index (χ1v) is 6.38. The molecule has 7 heteroatoms. The molecule has 0 saturated heterocycles. The van der Waals surface area contributed by atoms with E-state index in [9.17, 15) is 4.39 Å². The van der Waals surface area contributed by atoms with Crippen molar-refractivity contribution < 1.29 is 9.13 Å². The number of nitrogens with one attached hydrogen (secondary N) is 1. The minimum absolute atomic E-state index is 0.195. The monoisotopic (exact) mass is 287 g/mol. The van der Waals surface area contributed by atoms with Crippen LogP contribution in [0.15, 0.2) is 30.6 Å². The van der Waals surface area contributed by atoms with Crippen molar-refractivity contribution in [1.29, 1.82) is 0 Å². The Bertz CT molecular complexity index is 786. The van der Waals surface area contributed by atoms with E-state index in [1.54, 1.807) is 23.1 Å². The number of pyridine rings is 1. The number of benzene rings is 1. The summed E-state index contributed by atoms with van der Waals surface area (Å²) in [6.07, 6.45) is 3.33. The topological polar surface area (TPSA) is 64.9 Å². The van der Waals surface area contributed by atoms with Gasteiger partial charge in [0.15, 0.2) is 11.6 Å². The molecule has 1 N–H and O–H groups in total. The van der Waals surface area contributed by atoms with Crippen LogP contribution in [0, 0.1) is 5.82 Å². The SMILES string of the molecule is COc1cc2c(NCc3cnnn3C)ccnc2cc1F. The number of methoxy groups -OCH3 is 1. The lowest BCUT2D eigenvalue weighted by molar-refractivity contribution is 0.387. The number of halogens is 1. The van der Waals surface area contributed by atoms with Crippen LogP contribution in [0.5, 0.6) is 5.75 Å². The maximum absolute atomic E-state index is 13.7. The second kappa shape index (κ2) is 5.35. The molecule has 21 heavy (non-hydrogen) atoms. The van der Waals surface area contributed by atoms with Crippen molar-refractivity contribution >= 4 is 16.6 Å². The third kappa shape index (κ3) is 2.49. The molecule has 0 radical (unpaired) electrons. The van der Waals surface area contributed by atoms with Crippen molar-refractivity contribution in [3.63, 3.8) is 0 Å². The van der Waals surface area contributed by atoms with E-state index >= 15 is 0 Å². The molecule has 0 saturated carbocycles. The summed E-state index contributed by atoms with van der Waals surface area (Å²) in [5.74, 6) is -0.230. The summed E-state index contributed by atoms with van der Waals surface area (Å²) in [5.41, 5.74) is 2.36. The second-order valence-corrected chi connectivity index (χ2v) is 4.56. The van der Waals surface area contributed by atoms with Crippen molar-refractivity contribution in [2.75, 3.05) is 12.4 Å². The number of nitrogens with zero attached hydrogens (tertiary/aromatic N) is 4. The Morgan fingerprint density at radius 1 is 1.38 bits per heavy atom. The van der Waals surface area contributed by atoms with Crippen LogP contribution in [0.25, 0.3) is 10.9 Å². The minimum atomic E-state index is -0.425. The fourth-order valence-electron chi connectivity index (χ4n) is 2.11. The van der Waals surface area contributed by atoms with Crippen molar-refractivity contribution in [1.82, 2.24) is 20.0 Å². The predicted octanol–water partition coefficient (Wildman–Crippen LogP) is 2.12. The molecule has 3 rings (SSSR count). The highest BCUT2D eigenvalue weighted by atomic mass is 19.1. The van der Waals surface area contributed by atoms with Gasteiger partial charge in [0.25, 0.3) is 0 Å². The maximum atomic E-state index is 13.7. The highest BCUT2D eigenvalue weighted by Crippen LogP contribution is 2.28. The number of rotatable bonds is 4. The molecule has 108 valence electrons. The van der Waals surface area contributed by atoms with E-state index in [1.165, 1.54) is 13.2 Å². The van der Waals surface area contributed by atoms with Gasteiger partial charge in [-0.25, -0.2) is 4.39 Å². The largest absolute Gasteiger partial charge is 0.494 e. The predicted molar refractivity (Wildman–Crippen MR) is 76.6 cm³/mol. The average Bonchev–Trinajstić information content (AvgIpc) is 2.89. The summed E-state index contributed by atoms with van der Waals surface area (Å²) in [6, 6.07) is 4.84. The van der Waals surface area contributed by atoms with E-state index in [0.717, 1.165) is 16.8 Å². The van der Waals surface area contributed by atoms with Gasteiger partial charge in [-0.15, -0.1) is 5.10 Å². The fraction of sp³-hybridized carbons (Fsp3) is 0.214. The van der Waals surface area contributed by atoms with Crippen LogP contribution in [-0.4, -0.2) is 27.1 Å². The number of aryl methyl sites for hydroxylation is 1. The van der Waals surface area contributed by atoms with Gasteiger partial charge in [-0.05, 0) is 12.1 Å². The molecular weight excluding hydrogens is 273 g/mol. The van der Waals surface area contributed by atoms with Gasteiger partial charge in [-0.3, -0.25) is 9.67 Å². The Balaban J connectivity index is 1.96. The number of anilines is 1. The number of hydrogen-bond donors (Lipinski definition) is 1. The van der Waals surface area contributed by atoms with Gasteiger partial charge in [-0.1, -0.05) is 5.21 Å².